The number of nitrogens with one attached hydrogen (secondary N) is 1. The van der Waals surface area contributed by atoms with Crippen LogP contribution < -0.4 is 5.32 Å². The average Bonchev–Trinajstić information content (AvgIpc) is 2.45. The van der Waals surface area contributed by atoms with Gasteiger partial charge < -0.3 is 5.32 Å². The Labute approximate surface area is 122 Å². The summed E-state index contributed by atoms with van der Waals surface area (Å²) < 4.78 is 38.9. The molecular formula is C15H20F3NS. The molecule has 5 heteroatoms. The highest BCUT2D eigenvalue weighted by atomic mass is 32.2. The van der Waals surface area contributed by atoms with Crippen LogP contribution in [0.25, 0.3) is 0 Å². The molecule has 1 fully saturated rings. The lowest BCUT2D eigenvalue weighted by atomic mass is 9.99. The molecule has 1 unspecified atom stereocenters. The highest BCUT2D eigenvalue weighted by Crippen LogP contribution is 2.34. The van der Waals surface area contributed by atoms with Crippen molar-refractivity contribution in [1.29, 1.82) is 0 Å². The fourth-order valence-electron chi connectivity index (χ4n) is 2.54. The molecule has 1 aliphatic heterocycles. The molecule has 112 valence electrons. The molecule has 1 N–H and O–H groups in total. The Balaban J connectivity index is 2.00. The Hall–Kier alpha value is -0.680. The normalized spacial score (nSPS) is 19.0. The first-order valence-corrected chi connectivity index (χ1v) is 8.11. The van der Waals surface area contributed by atoms with E-state index in [1.807, 2.05) is 18.7 Å². The van der Waals surface area contributed by atoms with Gasteiger partial charge in [0.15, 0.2) is 0 Å². The van der Waals surface area contributed by atoms with E-state index in [1.54, 1.807) is 12.1 Å². The van der Waals surface area contributed by atoms with Gasteiger partial charge in [-0.25, -0.2) is 0 Å². The molecule has 0 aliphatic carbocycles. The van der Waals surface area contributed by atoms with E-state index in [0.717, 1.165) is 25.5 Å². The SMILES string of the molecule is CC(NCC1CCSCC1)c1ccccc1C(F)(F)F. The van der Waals surface area contributed by atoms with Gasteiger partial charge in [0.2, 0.25) is 0 Å². The number of rotatable bonds is 4. The first-order valence-electron chi connectivity index (χ1n) is 6.95. The molecule has 1 saturated heterocycles. The zero-order valence-electron chi connectivity index (χ0n) is 11.5. The Morgan fingerprint density at radius 3 is 2.55 bits per heavy atom. The zero-order valence-corrected chi connectivity index (χ0v) is 12.4. The predicted octanol–water partition coefficient (Wildman–Crippen LogP) is 4.50. The molecule has 0 amide bonds. The molecule has 1 aliphatic rings. The molecule has 1 aromatic carbocycles. The summed E-state index contributed by atoms with van der Waals surface area (Å²) in [5, 5.41) is 3.27. The van der Waals surface area contributed by atoms with Crippen LogP contribution in [-0.2, 0) is 6.18 Å². The van der Waals surface area contributed by atoms with E-state index in [9.17, 15) is 13.2 Å². The van der Waals surface area contributed by atoms with Crippen LogP contribution in [0.15, 0.2) is 24.3 Å². The summed E-state index contributed by atoms with van der Waals surface area (Å²) in [7, 11) is 0. The van der Waals surface area contributed by atoms with Crippen LogP contribution >= 0.6 is 11.8 Å². The maximum atomic E-state index is 13.0. The second-order valence-corrected chi connectivity index (χ2v) is 6.50. The largest absolute Gasteiger partial charge is 0.416 e. The first kappa shape index (κ1) is 15.7. The number of halogens is 3. The summed E-state index contributed by atoms with van der Waals surface area (Å²) in [4.78, 5) is 0. The van der Waals surface area contributed by atoms with Gasteiger partial charge in [-0.1, -0.05) is 18.2 Å². The Kier molecular flexibility index (Phi) is 5.38. The fraction of sp³-hybridized carbons (Fsp3) is 0.600. The number of alkyl halides is 3. The van der Waals surface area contributed by atoms with Crippen molar-refractivity contribution in [3.8, 4) is 0 Å². The van der Waals surface area contributed by atoms with E-state index in [2.05, 4.69) is 5.32 Å². The van der Waals surface area contributed by atoms with E-state index in [1.165, 1.54) is 17.6 Å². The summed E-state index contributed by atoms with van der Waals surface area (Å²) >= 11 is 1.96. The van der Waals surface area contributed by atoms with Gasteiger partial charge in [-0.3, -0.25) is 0 Å². The maximum absolute atomic E-state index is 13.0. The molecule has 1 heterocycles. The van der Waals surface area contributed by atoms with Crippen molar-refractivity contribution in [3.63, 3.8) is 0 Å². The van der Waals surface area contributed by atoms with Crippen molar-refractivity contribution < 1.29 is 13.2 Å². The first-order chi connectivity index (χ1) is 9.48. The summed E-state index contributed by atoms with van der Waals surface area (Å²) in [6.07, 6.45) is -1.97. The van der Waals surface area contributed by atoms with Crippen molar-refractivity contribution in [2.75, 3.05) is 18.1 Å². The number of hydrogen-bond acceptors (Lipinski definition) is 2. The quantitative estimate of drug-likeness (QED) is 0.879. The van der Waals surface area contributed by atoms with Crippen molar-refractivity contribution in [2.45, 2.75) is 32.0 Å². The zero-order chi connectivity index (χ0) is 14.6. The van der Waals surface area contributed by atoms with Gasteiger partial charge in [-0.15, -0.1) is 0 Å². The van der Waals surface area contributed by atoms with Crippen LogP contribution in [0.2, 0.25) is 0 Å². The Morgan fingerprint density at radius 2 is 1.90 bits per heavy atom. The van der Waals surface area contributed by atoms with E-state index < -0.39 is 11.7 Å². The third-order valence-corrected chi connectivity index (χ3v) is 4.84. The number of hydrogen-bond donors (Lipinski definition) is 1. The van der Waals surface area contributed by atoms with Gasteiger partial charge in [-0.2, -0.15) is 24.9 Å². The van der Waals surface area contributed by atoms with Crippen LogP contribution in [0.5, 0.6) is 0 Å². The molecule has 1 nitrogen and oxygen atoms in total. The molecule has 2 rings (SSSR count). The lowest BCUT2D eigenvalue weighted by molar-refractivity contribution is -0.138. The van der Waals surface area contributed by atoms with Crippen molar-refractivity contribution >= 4 is 11.8 Å². The summed E-state index contributed by atoms with van der Waals surface area (Å²) in [5.41, 5.74) is -0.190. The van der Waals surface area contributed by atoms with Gasteiger partial charge >= 0.3 is 6.18 Å². The van der Waals surface area contributed by atoms with Crippen molar-refractivity contribution in [3.05, 3.63) is 35.4 Å². The van der Waals surface area contributed by atoms with Crippen LogP contribution in [0.3, 0.4) is 0 Å². The van der Waals surface area contributed by atoms with Gasteiger partial charge in [0.25, 0.3) is 0 Å². The number of benzene rings is 1. The second-order valence-electron chi connectivity index (χ2n) is 5.27. The van der Waals surface area contributed by atoms with E-state index in [-0.39, 0.29) is 6.04 Å². The topological polar surface area (TPSA) is 12.0 Å². The minimum atomic E-state index is -4.28. The van der Waals surface area contributed by atoms with Crippen LogP contribution in [0.1, 0.15) is 36.9 Å². The second kappa shape index (κ2) is 6.85. The lowest BCUT2D eigenvalue weighted by Gasteiger charge is -2.25. The monoisotopic (exact) mass is 303 g/mol. The van der Waals surface area contributed by atoms with Gasteiger partial charge in [0, 0.05) is 6.04 Å². The van der Waals surface area contributed by atoms with E-state index in [0.29, 0.717) is 11.5 Å². The van der Waals surface area contributed by atoms with Gasteiger partial charge in [0.05, 0.1) is 5.56 Å². The molecule has 0 saturated carbocycles. The molecule has 0 bridgehead atoms. The molecule has 0 aromatic heterocycles. The number of thioether (sulfide) groups is 1. The van der Waals surface area contributed by atoms with Gasteiger partial charge in [0.1, 0.15) is 0 Å². The van der Waals surface area contributed by atoms with Crippen LogP contribution in [0, 0.1) is 5.92 Å². The fourth-order valence-corrected chi connectivity index (χ4v) is 3.74. The highest BCUT2D eigenvalue weighted by Gasteiger charge is 2.34. The third kappa shape index (κ3) is 4.16. The summed E-state index contributed by atoms with van der Waals surface area (Å²) in [6.45, 7) is 2.61. The minimum absolute atomic E-state index is 0.276. The highest BCUT2D eigenvalue weighted by molar-refractivity contribution is 7.99. The summed E-state index contributed by atoms with van der Waals surface area (Å²) in [5.74, 6) is 2.93. The smallest absolute Gasteiger partial charge is 0.310 e. The summed E-state index contributed by atoms with van der Waals surface area (Å²) in [6, 6.07) is 5.56. The third-order valence-electron chi connectivity index (χ3n) is 3.79. The Bertz CT molecular complexity index is 427. The average molecular weight is 303 g/mol. The van der Waals surface area contributed by atoms with E-state index in [4.69, 9.17) is 0 Å². The van der Waals surface area contributed by atoms with Crippen molar-refractivity contribution in [1.82, 2.24) is 5.32 Å². The molecular weight excluding hydrogens is 283 g/mol. The molecule has 20 heavy (non-hydrogen) atoms. The van der Waals surface area contributed by atoms with Crippen LogP contribution in [0.4, 0.5) is 13.2 Å². The molecule has 0 radical (unpaired) electrons. The Morgan fingerprint density at radius 1 is 1.25 bits per heavy atom. The maximum Gasteiger partial charge on any atom is 0.416 e. The lowest BCUT2D eigenvalue weighted by Crippen LogP contribution is -2.29. The standard InChI is InChI=1S/C15H20F3NS/c1-11(19-10-12-6-8-20-9-7-12)13-4-2-3-5-14(13)15(16,17)18/h2-5,11-12,19H,6-10H2,1H3. The van der Waals surface area contributed by atoms with Gasteiger partial charge in [-0.05, 0) is 55.4 Å². The molecule has 1 atom stereocenters. The predicted molar refractivity (Wildman–Crippen MR) is 77.9 cm³/mol. The van der Waals surface area contributed by atoms with E-state index >= 15 is 0 Å². The van der Waals surface area contributed by atoms with Crippen molar-refractivity contribution in [2.24, 2.45) is 5.92 Å². The van der Waals surface area contributed by atoms with Crippen LogP contribution in [-0.4, -0.2) is 18.1 Å². The molecule has 1 aromatic rings. The minimum Gasteiger partial charge on any atom is -0.310 e. The molecule has 0 spiro atoms.